The zero-order valence-corrected chi connectivity index (χ0v) is 12.2. The molecule has 20 heavy (non-hydrogen) atoms. The van der Waals surface area contributed by atoms with E-state index in [9.17, 15) is 4.39 Å². The first-order valence-corrected chi connectivity index (χ1v) is 6.87. The third-order valence-corrected chi connectivity index (χ3v) is 3.01. The maximum atomic E-state index is 13.1. The minimum absolute atomic E-state index is 0.109. The van der Waals surface area contributed by atoms with Crippen molar-refractivity contribution in [2.24, 2.45) is 0 Å². The summed E-state index contributed by atoms with van der Waals surface area (Å²) in [5, 5.41) is 3.41. The molecule has 0 saturated heterocycles. The van der Waals surface area contributed by atoms with Gasteiger partial charge in [0.05, 0.1) is 16.8 Å². The molecule has 0 saturated carbocycles. The lowest BCUT2D eigenvalue weighted by Crippen LogP contribution is -2.08. The molecule has 0 aliphatic heterocycles. The molecule has 2 aromatic carbocycles. The van der Waals surface area contributed by atoms with Crippen LogP contribution in [0.25, 0.3) is 0 Å². The number of nitrogens with one attached hydrogen (secondary N) is 1. The van der Waals surface area contributed by atoms with Crippen LogP contribution in [0.2, 0.25) is 5.02 Å². The molecule has 2 aromatic rings. The predicted molar refractivity (Wildman–Crippen MR) is 80.9 cm³/mol. The molecule has 1 N–H and O–H groups in total. The topological polar surface area (TPSA) is 21.3 Å². The zero-order valence-electron chi connectivity index (χ0n) is 11.5. The molecule has 0 aliphatic rings. The largest absolute Gasteiger partial charge is 0.489 e. The Kier molecular flexibility index (Phi) is 4.85. The molecule has 0 unspecified atom stereocenters. The molecule has 2 rings (SSSR count). The van der Waals surface area contributed by atoms with Gasteiger partial charge in [-0.2, -0.15) is 0 Å². The molecule has 0 amide bonds. The Labute approximate surface area is 123 Å². The first kappa shape index (κ1) is 14.7. The van der Waals surface area contributed by atoms with Crippen LogP contribution in [0.15, 0.2) is 42.5 Å². The fraction of sp³-hybridized carbons (Fsp3) is 0.250. The van der Waals surface area contributed by atoms with Crippen molar-refractivity contribution in [3.8, 4) is 5.75 Å². The molecule has 0 aromatic heterocycles. The maximum Gasteiger partial charge on any atom is 0.142 e. The molecular weight excluding hydrogens is 277 g/mol. The number of ether oxygens (including phenoxy) is 1. The van der Waals surface area contributed by atoms with E-state index in [2.05, 4.69) is 5.32 Å². The monoisotopic (exact) mass is 293 g/mol. The molecule has 0 heterocycles. The quantitative estimate of drug-likeness (QED) is 0.848. The highest BCUT2D eigenvalue weighted by Gasteiger charge is 2.05. The van der Waals surface area contributed by atoms with Crippen LogP contribution >= 0.6 is 11.6 Å². The van der Waals surface area contributed by atoms with Crippen molar-refractivity contribution in [3.63, 3.8) is 0 Å². The van der Waals surface area contributed by atoms with Gasteiger partial charge < -0.3 is 10.1 Å². The molecule has 0 aliphatic carbocycles. The van der Waals surface area contributed by atoms with E-state index in [1.54, 1.807) is 12.1 Å². The van der Waals surface area contributed by atoms with Crippen LogP contribution in [0.1, 0.15) is 19.4 Å². The van der Waals surface area contributed by atoms with Gasteiger partial charge >= 0.3 is 0 Å². The van der Waals surface area contributed by atoms with Gasteiger partial charge in [0.2, 0.25) is 0 Å². The van der Waals surface area contributed by atoms with Crippen molar-refractivity contribution in [1.82, 2.24) is 0 Å². The normalized spacial score (nSPS) is 10.7. The van der Waals surface area contributed by atoms with Crippen LogP contribution in [0.5, 0.6) is 5.75 Å². The van der Waals surface area contributed by atoms with Gasteiger partial charge in [-0.3, -0.25) is 0 Å². The Morgan fingerprint density at radius 2 is 1.95 bits per heavy atom. The minimum atomic E-state index is -0.404. The van der Waals surface area contributed by atoms with Crippen LogP contribution in [-0.4, -0.2) is 6.10 Å². The van der Waals surface area contributed by atoms with Crippen molar-refractivity contribution >= 4 is 17.3 Å². The molecule has 4 heteroatoms. The van der Waals surface area contributed by atoms with Gasteiger partial charge in [0.15, 0.2) is 0 Å². The van der Waals surface area contributed by atoms with E-state index in [0.717, 1.165) is 17.0 Å². The SMILES string of the molecule is CC(C)Oc1ccccc1NCc1ccc(F)c(Cl)c1. The Hall–Kier alpha value is -1.74. The van der Waals surface area contributed by atoms with Crippen molar-refractivity contribution in [2.75, 3.05) is 5.32 Å². The fourth-order valence-corrected chi connectivity index (χ4v) is 2.02. The Bertz CT molecular complexity index is 586. The van der Waals surface area contributed by atoms with Crippen molar-refractivity contribution < 1.29 is 9.13 Å². The summed E-state index contributed by atoms with van der Waals surface area (Å²) in [6.07, 6.45) is 0.109. The Morgan fingerprint density at radius 1 is 1.20 bits per heavy atom. The first-order valence-electron chi connectivity index (χ1n) is 6.49. The number of halogens is 2. The second-order valence-electron chi connectivity index (χ2n) is 4.76. The Balaban J connectivity index is 2.08. The second kappa shape index (κ2) is 6.62. The standard InChI is InChI=1S/C16H17ClFNO/c1-11(2)20-16-6-4-3-5-15(16)19-10-12-7-8-14(18)13(17)9-12/h3-9,11,19H,10H2,1-2H3. The van der Waals surface area contributed by atoms with Gasteiger partial charge in [0.25, 0.3) is 0 Å². The van der Waals surface area contributed by atoms with Gasteiger partial charge in [-0.1, -0.05) is 29.8 Å². The maximum absolute atomic E-state index is 13.1. The smallest absolute Gasteiger partial charge is 0.142 e. The highest BCUT2D eigenvalue weighted by Crippen LogP contribution is 2.26. The van der Waals surface area contributed by atoms with Gasteiger partial charge in [-0.25, -0.2) is 4.39 Å². The summed E-state index contributed by atoms with van der Waals surface area (Å²) in [6.45, 7) is 4.52. The lowest BCUT2D eigenvalue weighted by atomic mass is 10.2. The van der Waals surface area contributed by atoms with Crippen LogP contribution in [-0.2, 0) is 6.54 Å². The summed E-state index contributed by atoms with van der Waals surface area (Å²) in [4.78, 5) is 0. The van der Waals surface area contributed by atoms with E-state index in [1.165, 1.54) is 6.07 Å². The summed E-state index contributed by atoms with van der Waals surface area (Å²) in [5.41, 5.74) is 1.82. The van der Waals surface area contributed by atoms with Crippen molar-refractivity contribution in [2.45, 2.75) is 26.5 Å². The number of hydrogen-bond acceptors (Lipinski definition) is 2. The molecule has 2 nitrogen and oxygen atoms in total. The third-order valence-electron chi connectivity index (χ3n) is 2.72. The third kappa shape index (κ3) is 3.87. The summed E-state index contributed by atoms with van der Waals surface area (Å²) < 4.78 is 18.8. The minimum Gasteiger partial charge on any atom is -0.489 e. The fourth-order valence-electron chi connectivity index (χ4n) is 1.82. The van der Waals surface area contributed by atoms with E-state index in [0.29, 0.717) is 6.54 Å². The predicted octanol–water partition coefficient (Wildman–Crippen LogP) is 4.88. The Morgan fingerprint density at radius 3 is 2.65 bits per heavy atom. The van der Waals surface area contributed by atoms with Crippen molar-refractivity contribution in [3.05, 3.63) is 58.9 Å². The molecule has 0 atom stereocenters. The average molecular weight is 294 g/mol. The lowest BCUT2D eigenvalue weighted by molar-refractivity contribution is 0.243. The second-order valence-corrected chi connectivity index (χ2v) is 5.17. The van der Waals surface area contributed by atoms with E-state index in [4.69, 9.17) is 16.3 Å². The molecule has 0 bridgehead atoms. The van der Waals surface area contributed by atoms with Gasteiger partial charge in [-0.15, -0.1) is 0 Å². The van der Waals surface area contributed by atoms with E-state index >= 15 is 0 Å². The number of hydrogen-bond donors (Lipinski definition) is 1. The van der Waals surface area contributed by atoms with Gasteiger partial charge in [0.1, 0.15) is 11.6 Å². The molecular formula is C16H17ClFNO. The zero-order chi connectivity index (χ0) is 14.5. The number of para-hydroxylation sites is 2. The molecule has 0 spiro atoms. The van der Waals surface area contributed by atoms with E-state index in [-0.39, 0.29) is 11.1 Å². The summed E-state index contributed by atoms with van der Waals surface area (Å²) in [6, 6.07) is 12.4. The van der Waals surface area contributed by atoms with Gasteiger partial charge in [-0.05, 0) is 43.7 Å². The summed E-state index contributed by atoms with van der Waals surface area (Å²) >= 11 is 5.77. The van der Waals surface area contributed by atoms with Crippen LogP contribution in [0, 0.1) is 5.82 Å². The van der Waals surface area contributed by atoms with Gasteiger partial charge in [0, 0.05) is 6.54 Å². The molecule has 0 radical (unpaired) electrons. The van der Waals surface area contributed by atoms with Crippen LogP contribution in [0.3, 0.4) is 0 Å². The van der Waals surface area contributed by atoms with E-state index < -0.39 is 5.82 Å². The van der Waals surface area contributed by atoms with E-state index in [1.807, 2.05) is 38.1 Å². The summed E-state index contributed by atoms with van der Waals surface area (Å²) in [5.74, 6) is 0.398. The number of benzene rings is 2. The van der Waals surface area contributed by atoms with Crippen molar-refractivity contribution in [1.29, 1.82) is 0 Å². The first-order chi connectivity index (χ1) is 9.56. The number of anilines is 1. The molecule has 106 valence electrons. The molecule has 0 fully saturated rings. The lowest BCUT2D eigenvalue weighted by Gasteiger charge is -2.15. The highest BCUT2D eigenvalue weighted by atomic mass is 35.5. The number of rotatable bonds is 5. The highest BCUT2D eigenvalue weighted by molar-refractivity contribution is 6.30. The summed E-state index contributed by atoms with van der Waals surface area (Å²) in [7, 11) is 0. The average Bonchev–Trinajstić information content (AvgIpc) is 2.41. The van der Waals surface area contributed by atoms with Crippen LogP contribution in [0.4, 0.5) is 10.1 Å². The van der Waals surface area contributed by atoms with Crippen LogP contribution < -0.4 is 10.1 Å².